The van der Waals surface area contributed by atoms with Crippen LogP contribution in [0.3, 0.4) is 0 Å². The lowest BCUT2D eigenvalue weighted by atomic mass is 10.1. The van der Waals surface area contributed by atoms with E-state index in [-0.39, 0.29) is 22.7 Å². The highest BCUT2D eigenvalue weighted by Crippen LogP contribution is 2.22. The zero-order valence-electron chi connectivity index (χ0n) is 19.3. The molecule has 2 aromatic carbocycles. The van der Waals surface area contributed by atoms with Crippen LogP contribution in [0.5, 0.6) is 0 Å². The fourth-order valence-electron chi connectivity index (χ4n) is 4.53. The summed E-state index contributed by atoms with van der Waals surface area (Å²) >= 11 is 0. The first-order valence-electron chi connectivity index (χ1n) is 11.3. The molecule has 1 N–H and O–H groups in total. The number of fused-ring (bicyclic) bond motifs is 1. The molecule has 0 aliphatic carbocycles. The number of carbonyl (C=O) groups excluding carboxylic acids is 1. The van der Waals surface area contributed by atoms with Crippen LogP contribution in [-0.4, -0.2) is 69.4 Å². The molecule has 1 fully saturated rings. The van der Waals surface area contributed by atoms with E-state index in [9.17, 15) is 18.4 Å². The Bertz CT molecular complexity index is 1460. The number of H-pyrrole nitrogens is 1. The van der Waals surface area contributed by atoms with Gasteiger partial charge in [-0.2, -0.15) is 0 Å². The molecule has 1 aliphatic rings. The van der Waals surface area contributed by atoms with Crippen LogP contribution in [0, 0.1) is 17.6 Å². The Morgan fingerprint density at radius 1 is 1.14 bits per heavy atom. The first-order valence-corrected chi connectivity index (χ1v) is 11.3. The van der Waals surface area contributed by atoms with Gasteiger partial charge in [-0.05, 0) is 62.8 Å². The average molecular weight is 479 g/mol. The minimum absolute atomic E-state index is 0.00320. The maximum atomic E-state index is 13.6. The second-order valence-corrected chi connectivity index (χ2v) is 9.13. The monoisotopic (exact) mass is 478 g/mol. The molecular formula is C25H24F2N6O2. The van der Waals surface area contributed by atoms with E-state index >= 15 is 0 Å². The fourth-order valence-corrected chi connectivity index (χ4v) is 4.53. The van der Waals surface area contributed by atoms with Crippen LogP contribution in [0.2, 0.25) is 0 Å². The first kappa shape index (κ1) is 22.9. The van der Waals surface area contributed by atoms with Gasteiger partial charge in [-0.1, -0.05) is 5.21 Å². The molecule has 4 aromatic rings. The van der Waals surface area contributed by atoms with Crippen LogP contribution in [-0.2, 0) is 0 Å². The van der Waals surface area contributed by atoms with Crippen molar-refractivity contribution in [2.45, 2.75) is 6.42 Å². The van der Waals surface area contributed by atoms with Gasteiger partial charge in [0.05, 0.1) is 23.0 Å². The van der Waals surface area contributed by atoms with Crippen LogP contribution in [0.1, 0.15) is 16.8 Å². The summed E-state index contributed by atoms with van der Waals surface area (Å²) in [5, 5.41) is 8.49. The Morgan fingerprint density at radius 3 is 2.63 bits per heavy atom. The summed E-state index contributed by atoms with van der Waals surface area (Å²) in [6.45, 7) is 2.47. The Labute approximate surface area is 199 Å². The van der Waals surface area contributed by atoms with E-state index in [1.807, 2.05) is 19.0 Å². The molecule has 1 aliphatic heterocycles. The van der Waals surface area contributed by atoms with Gasteiger partial charge >= 0.3 is 0 Å². The number of rotatable bonds is 5. The van der Waals surface area contributed by atoms with Gasteiger partial charge in [0.25, 0.3) is 11.5 Å². The lowest BCUT2D eigenvalue weighted by Crippen LogP contribution is -2.30. The van der Waals surface area contributed by atoms with Gasteiger partial charge in [-0.25, -0.2) is 13.5 Å². The summed E-state index contributed by atoms with van der Waals surface area (Å²) in [5.41, 5.74) is 1.42. The lowest BCUT2D eigenvalue weighted by molar-refractivity contribution is 0.0785. The van der Waals surface area contributed by atoms with Gasteiger partial charge in [0.2, 0.25) is 0 Å². The normalized spacial score (nSPS) is 15.9. The van der Waals surface area contributed by atoms with Crippen molar-refractivity contribution in [1.29, 1.82) is 0 Å². The number of likely N-dealkylation sites (tertiary alicyclic amines) is 1. The molecule has 180 valence electrons. The standard InChI is InChI=1S/C25H24F2N6O2/c1-31(2)12-15-7-8-32(13-15)25(35)16-3-5-18(6-4-16)33-14-23(29-30-33)19-9-17-10-20(26)21(27)11-22(17)28-24(19)34/h3-6,9-11,14-15H,7-8,12-13H2,1-2H3,(H,28,34)/t15-/m1/s1. The summed E-state index contributed by atoms with van der Waals surface area (Å²) in [7, 11) is 4.08. The van der Waals surface area contributed by atoms with Crippen LogP contribution >= 0.6 is 0 Å². The van der Waals surface area contributed by atoms with Gasteiger partial charge in [0, 0.05) is 36.7 Å². The van der Waals surface area contributed by atoms with E-state index in [0.717, 1.165) is 38.2 Å². The molecule has 10 heteroatoms. The SMILES string of the molecule is CN(C)C[C@H]1CCN(C(=O)c2ccc(-n3cc(-c4cc5cc(F)c(F)cc5[nH]c4=O)nn3)cc2)C1. The Balaban J connectivity index is 1.35. The zero-order valence-corrected chi connectivity index (χ0v) is 19.3. The van der Waals surface area contributed by atoms with E-state index in [1.165, 1.54) is 10.7 Å². The van der Waals surface area contributed by atoms with Crippen molar-refractivity contribution < 1.29 is 13.6 Å². The van der Waals surface area contributed by atoms with Crippen molar-refractivity contribution in [2.24, 2.45) is 5.92 Å². The molecule has 1 amide bonds. The predicted octanol–water partition coefficient (Wildman–Crippen LogP) is 3.08. The number of pyridine rings is 1. The molecule has 0 saturated carbocycles. The topological polar surface area (TPSA) is 87.1 Å². The molecule has 0 spiro atoms. The van der Waals surface area contributed by atoms with E-state index in [1.54, 1.807) is 30.5 Å². The van der Waals surface area contributed by atoms with Gasteiger partial charge < -0.3 is 14.8 Å². The van der Waals surface area contributed by atoms with Crippen LogP contribution in [0.4, 0.5) is 8.78 Å². The smallest absolute Gasteiger partial charge is 0.258 e. The maximum absolute atomic E-state index is 13.6. The molecule has 2 aromatic heterocycles. The maximum Gasteiger partial charge on any atom is 0.258 e. The van der Waals surface area contributed by atoms with Crippen LogP contribution in [0.25, 0.3) is 27.8 Å². The number of hydrogen-bond acceptors (Lipinski definition) is 5. The molecule has 5 rings (SSSR count). The third kappa shape index (κ3) is 4.57. The van der Waals surface area contributed by atoms with Crippen molar-refractivity contribution in [2.75, 3.05) is 33.7 Å². The highest BCUT2D eigenvalue weighted by molar-refractivity contribution is 5.94. The van der Waals surface area contributed by atoms with Crippen LogP contribution in [0.15, 0.2) is 53.5 Å². The second kappa shape index (κ2) is 9.03. The summed E-state index contributed by atoms with van der Waals surface area (Å²) < 4.78 is 28.6. The van der Waals surface area contributed by atoms with Gasteiger partial charge in [0.1, 0.15) is 5.69 Å². The third-order valence-corrected chi connectivity index (χ3v) is 6.23. The van der Waals surface area contributed by atoms with E-state index < -0.39 is 17.2 Å². The van der Waals surface area contributed by atoms with Crippen molar-refractivity contribution in [3.8, 4) is 16.9 Å². The molecule has 3 heterocycles. The minimum atomic E-state index is -1.04. The van der Waals surface area contributed by atoms with Crippen LogP contribution < -0.4 is 5.56 Å². The Morgan fingerprint density at radius 2 is 1.89 bits per heavy atom. The molecular weight excluding hydrogens is 454 g/mol. The predicted molar refractivity (Wildman–Crippen MR) is 127 cm³/mol. The van der Waals surface area contributed by atoms with Gasteiger partial charge in [-0.15, -0.1) is 5.10 Å². The number of aromatic amines is 1. The molecule has 8 nitrogen and oxygen atoms in total. The van der Waals surface area contributed by atoms with Crippen molar-refractivity contribution in [3.63, 3.8) is 0 Å². The Kier molecular flexibility index (Phi) is 5.89. The molecule has 0 radical (unpaired) electrons. The van der Waals surface area contributed by atoms with Crippen molar-refractivity contribution in [1.82, 2.24) is 29.8 Å². The summed E-state index contributed by atoms with van der Waals surface area (Å²) in [4.78, 5) is 32.0. The number of benzene rings is 2. The van der Waals surface area contributed by atoms with E-state index in [4.69, 9.17) is 0 Å². The van der Waals surface area contributed by atoms with Gasteiger partial charge in [0.15, 0.2) is 11.6 Å². The molecule has 1 atom stereocenters. The minimum Gasteiger partial charge on any atom is -0.338 e. The van der Waals surface area contributed by atoms with Gasteiger partial charge in [-0.3, -0.25) is 9.59 Å². The van der Waals surface area contributed by atoms with Crippen molar-refractivity contribution in [3.05, 3.63) is 76.2 Å². The first-order chi connectivity index (χ1) is 16.8. The fraction of sp³-hybridized carbons (Fsp3) is 0.280. The largest absolute Gasteiger partial charge is 0.338 e. The number of amides is 1. The number of hydrogen-bond donors (Lipinski definition) is 1. The number of halogens is 2. The molecule has 1 saturated heterocycles. The second-order valence-electron chi connectivity index (χ2n) is 9.13. The third-order valence-electron chi connectivity index (χ3n) is 6.23. The van der Waals surface area contributed by atoms with E-state index in [2.05, 4.69) is 20.2 Å². The van der Waals surface area contributed by atoms with E-state index in [0.29, 0.717) is 22.6 Å². The quantitative estimate of drug-likeness (QED) is 0.477. The highest BCUT2D eigenvalue weighted by atomic mass is 19.2. The Hall–Kier alpha value is -3.92. The highest BCUT2D eigenvalue weighted by Gasteiger charge is 2.27. The summed E-state index contributed by atoms with van der Waals surface area (Å²) in [6, 6.07) is 10.4. The molecule has 35 heavy (non-hydrogen) atoms. The number of carbonyl (C=O) groups is 1. The molecule has 0 bridgehead atoms. The number of nitrogens with zero attached hydrogens (tertiary/aromatic N) is 5. The summed E-state index contributed by atoms with van der Waals surface area (Å²) in [5.74, 6) is -1.55. The molecule has 0 unspecified atom stereocenters. The zero-order chi connectivity index (χ0) is 24.7. The lowest BCUT2D eigenvalue weighted by Gasteiger charge is -2.18. The number of nitrogens with one attached hydrogen (secondary N) is 1. The summed E-state index contributed by atoms with van der Waals surface area (Å²) in [6.07, 6.45) is 2.57. The van der Waals surface area contributed by atoms with Crippen molar-refractivity contribution >= 4 is 16.8 Å². The average Bonchev–Trinajstić information content (AvgIpc) is 3.49. The number of aromatic nitrogens is 4.